The highest BCUT2D eigenvalue weighted by molar-refractivity contribution is 7.90. The van der Waals surface area contributed by atoms with Gasteiger partial charge in [0.15, 0.2) is 9.84 Å². The van der Waals surface area contributed by atoms with Crippen molar-refractivity contribution in [1.82, 2.24) is 0 Å². The SMILES string of the molecule is C[C@H](O)C(=O)OCCS(C)(=O)=O. The minimum atomic E-state index is -3.10. The van der Waals surface area contributed by atoms with Gasteiger partial charge in [0.1, 0.15) is 12.7 Å². The lowest BCUT2D eigenvalue weighted by atomic mass is 10.4. The highest BCUT2D eigenvalue weighted by atomic mass is 32.2. The van der Waals surface area contributed by atoms with E-state index in [0.29, 0.717) is 0 Å². The molecule has 0 aromatic heterocycles. The van der Waals surface area contributed by atoms with E-state index in [4.69, 9.17) is 5.11 Å². The average molecular weight is 196 g/mol. The number of rotatable bonds is 4. The average Bonchev–Trinajstić information content (AvgIpc) is 1.84. The predicted octanol–water partition coefficient (Wildman–Crippen LogP) is -1.04. The maximum atomic E-state index is 10.6. The van der Waals surface area contributed by atoms with Crippen molar-refractivity contribution >= 4 is 15.8 Å². The number of carbonyl (C=O) groups is 1. The molecule has 6 heteroatoms. The Balaban J connectivity index is 3.66. The summed E-state index contributed by atoms with van der Waals surface area (Å²) >= 11 is 0. The Hall–Kier alpha value is -0.620. The van der Waals surface area contributed by atoms with Crippen LogP contribution in [0.3, 0.4) is 0 Å². The standard InChI is InChI=1S/C6H12O5S/c1-5(7)6(8)11-3-4-12(2,9)10/h5,7H,3-4H2,1-2H3/t5-/m0/s1. The molecule has 0 aromatic carbocycles. The zero-order valence-corrected chi connectivity index (χ0v) is 7.80. The summed E-state index contributed by atoms with van der Waals surface area (Å²) in [5.41, 5.74) is 0. The van der Waals surface area contributed by atoms with Gasteiger partial charge in [-0.1, -0.05) is 0 Å². The first kappa shape index (κ1) is 11.4. The number of aliphatic hydroxyl groups excluding tert-OH is 1. The van der Waals surface area contributed by atoms with Crippen molar-refractivity contribution in [2.75, 3.05) is 18.6 Å². The molecule has 0 unspecified atom stereocenters. The van der Waals surface area contributed by atoms with Crippen molar-refractivity contribution in [3.8, 4) is 0 Å². The fourth-order valence-electron chi connectivity index (χ4n) is 0.414. The number of aliphatic hydroxyl groups is 1. The monoisotopic (exact) mass is 196 g/mol. The van der Waals surface area contributed by atoms with Crippen LogP contribution in [-0.2, 0) is 19.4 Å². The Morgan fingerprint density at radius 3 is 2.42 bits per heavy atom. The van der Waals surface area contributed by atoms with Crippen LogP contribution < -0.4 is 0 Å². The molecule has 0 heterocycles. The lowest BCUT2D eigenvalue weighted by Crippen LogP contribution is -2.22. The Bertz CT molecular complexity index is 241. The van der Waals surface area contributed by atoms with Crippen molar-refractivity contribution in [2.45, 2.75) is 13.0 Å². The van der Waals surface area contributed by atoms with Crippen molar-refractivity contribution in [3.05, 3.63) is 0 Å². The first-order valence-electron chi connectivity index (χ1n) is 3.35. The molecule has 0 bridgehead atoms. The fourth-order valence-corrected chi connectivity index (χ4v) is 0.800. The lowest BCUT2D eigenvalue weighted by Gasteiger charge is -2.04. The molecule has 12 heavy (non-hydrogen) atoms. The summed E-state index contributed by atoms with van der Waals surface area (Å²) in [5.74, 6) is -1.02. The quantitative estimate of drug-likeness (QED) is 0.580. The molecule has 0 aromatic rings. The summed E-state index contributed by atoms with van der Waals surface area (Å²) in [6.07, 6.45) is -0.159. The van der Waals surface area contributed by atoms with E-state index in [9.17, 15) is 13.2 Å². The number of sulfone groups is 1. The van der Waals surface area contributed by atoms with Crippen LogP contribution in [0.4, 0.5) is 0 Å². The van der Waals surface area contributed by atoms with Crippen molar-refractivity contribution < 1.29 is 23.1 Å². The normalized spacial score (nSPS) is 13.9. The van der Waals surface area contributed by atoms with E-state index in [1.807, 2.05) is 0 Å². The van der Waals surface area contributed by atoms with Gasteiger partial charge in [0.2, 0.25) is 0 Å². The van der Waals surface area contributed by atoms with E-state index >= 15 is 0 Å². The van der Waals surface area contributed by atoms with Gasteiger partial charge in [0.05, 0.1) is 5.75 Å². The van der Waals surface area contributed by atoms with Crippen molar-refractivity contribution in [2.24, 2.45) is 0 Å². The van der Waals surface area contributed by atoms with Gasteiger partial charge in [0, 0.05) is 6.26 Å². The Morgan fingerprint density at radius 2 is 2.08 bits per heavy atom. The third-order valence-electron chi connectivity index (χ3n) is 1.04. The summed E-state index contributed by atoms with van der Waals surface area (Å²) in [7, 11) is -3.10. The molecule has 1 atom stereocenters. The van der Waals surface area contributed by atoms with Crippen LogP contribution in [0.15, 0.2) is 0 Å². The van der Waals surface area contributed by atoms with Crippen LogP contribution in [-0.4, -0.2) is 44.2 Å². The molecule has 1 N–H and O–H groups in total. The summed E-state index contributed by atoms with van der Waals surface area (Å²) in [6, 6.07) is 0. The molecule has 0 saturated heterocycles. The van der Waals surface area contributed by atoms with Gasteiger partial charge >= 0.3 is 5.97 Å². The Kier molecular flexibility index (Phi) is 4.19. The lowest BCUT2D eigenvalue weighted by molar-refractivity contribution is -0.151. The molecule has 5 nitrogen and oxygen atoms in total. The van der Waals surface area contributed by atoms with E-state index in [1.165, 1.54) is 6.92 Å². The largest absolute Gasteiger partial charge is 0.463 e. The molecule has 0 spiro atoms. The third kappa shape index (κ3) is 6.11. The van der Waals surface area contributed by atoms with Gasteiger partial charge in [0.25, 0.3) is 0 Å². The first-order valence-corrected chi connectivity index (χ1v) is 5.41. The maximum Gasteiger partial charge on any atom is 0.334 e. The Morgan fingerprint density at radius 1 is 1.58 bits per heavy atom. The maximum absolute atomic E-state index is 10.6. The summed E-state index contributed by atoms with van der Waals surface area (Å²) in [5, 5.41) is 8.63. The summed E-state index contributed by atoms with van der Waals surface area (Å²) < 4.78 is 25.5. The Labute approximate surface area is 71.3 Å². The fraction of sp³-hybridized carbons (Fsp3) is 0.833. The smallest absolute Gasteiger partial charge is 0.334 e. The van der Waals surface area contributed by atoms with Crippen molar-refractivity contribution in [1.29, 1.82) is 0 Å². The minimum absolute atomic E-state index is 0.206. The summed E-state index contributed by atoms with van der Waals surface area (Å²) in [4.78, 5) is 10.6. The van der Waals surface area contributed by atoms with E-state index in [0.717, 1.165) is 6.26 Å². The molecule has 0 aliphatic heterocycles. The molecule has 72 valence electrons. The predicted molar refractivity (Wildman–Crippen MR) is 42.4 cm³/mol. The van der Waals surface area contributed by atoms with Gasteiger partial charge in [-0.15, -0.1) is 0 Å². The molecule has 0 amide bonds. The molecule has 0 aliphatic carbocycles. The number of hydrogen-bond acceptors (Lipinski definition) is 5. The number of carbonyl (C=O) groups excluding carboxylic acids is 1. The second kappa shape index (κ2) is 4.42. The third-order valence-corrected chi connectivity index (χ3v) is 1.95. The minimum Gasteiger partial charge on any atom is -0.463 e. The van der Waals surface area contributed by atoms with Gasteiger partial charge in [-0.05, 0) is 6.92 Å². The number of ether oxygens (including phenoxy) is 1. The first-order chi connectivity index (χ1) is 5.33. The van der Waals surface area contributed by atoms with Gasteiger partial charge in [-0.2, -0.15) is 0 Å². The molecule has 0 fully saturated rings. The summed E-state index contributed by atoms with van der Waals surface area (Å²) in [6.45, 7) is 1.05. The molecule has 0 rings (SSSR count). The zero-order chi connectivity index (χ0) is 9.78. The van der Waals surface area contributed by atoms with Gasteiger partial charge in [-0.25, -0.2) is 13.2 Å². The second-order valence-corrected chi connectivity index (χ2v) is 4.73. The van der Waals surface area contributed by atoms with Gasteiger partial charge < -0.3 is 9.84 Å². The van der Waals surface area contributed by atoms with E-state index in [2.05, 4.69) is 4.74 Å². The topological polar surface area (TPSA) is 80.7 Å². The molecule has 0 saturated carbocycles. The van der Waals surface area contributed by atoms with Crippen LogP contribution in [0.1, 0.15) is 6.92 Å². The van der Waals surface area contributed by atoms with E-state index < -0.39 is 21.9 Å². The number of esters is 1. The van der Waals surface area contributed by atoms with Crippen LogP contribution in [0.5, 0.6) is 0 Å². The molecule has 0 aliphatic rings. The zero-order valence-electron chi connectivity index (χ0n) is 6.98. The highest BCUT2D eigenvalue weighted by Gasteiger charge is 2.11. The number of hydrogen-bond donors (Lipinski definition) is 1. The van der Waals surface area contributed by atoms with E-state index in [-0.39, 0.29) is 12.4 Å². The van der Waals surface area contributed by atoms with E-state index in [1.54, 1.807) is 0 Å². The molecular weight excluding hydrogens is 184 g/mol. The van der Waals surface area contributed by atoms with Gasteiger partial charge in [-0.3, -0.25) is 0 Å². The van der Waals surface area contributed by atoms with Crippen LogP contribution >= 0.6 is 0 Å². The van der Waals surface area contributed by atoms with Crippen LogP contribution in [0, 0.1) is 0 Å². The molecule has 0 radical (unpaired) electrons. The molecular formula is C6H12O5S. The van der Waals surface area contributed by atoms with Crippen LogP contribution in [0.2, 0.25) is 0 Å². The highest BCUT2D eigenvalue weighted by Crippen LogP contribution is 1.89. The van der Waals surface area contributed by atoms with Crippen molar-refractivity contribution in [3.63, 3.8) is 0 Å². The van der Waals surface area contributed by atoms with Crippen LogP contribution in [0.25, 0.3) is 0 Å². The second-order valence-electron chi connectivity index (χ2n) is 2.47.